The maximum absolute atomic E-state index is 5.55. The second kappa shape index (κ2) is 4.89. The van der Waals surface area contributed by atoms with Crippen LogP contribution < -0.4 is 5.32 Å². The van der Waals surface area contributed by atoms with Gasteiger partial charge in [0, 0.05) is 12.0 Å². The van der Waals surface area contributed by atoms with Crippen molar-refractivity contribution in [3.8, 4) is 0 Å². The van der Waals surface area contributed by atoms with Crippen LogP contribution in [-0.4, -0.2) is 22.7 Å². The molecule has 0 bridgehead atoms. The maximum atomic E-state index is 5.55. The van der Waals surface area contributed by atoms with Gasteiger partial charge >= 0.3 is 0 Å². The molecule has 0 amide bonds. The first-order chi connectivity index (χ1) is 9.12. The second-order valence-electron chi connectivity index (χ2n) is 6.83. The highest BCUT2D eigenvalue weighted by Gasteiger charge is 2.50. The van der Waals surface area contributed by atoms with Gasteiger partial charge in [-0.25, -0.2) is 0 Å². The Morgan fingerprint density at radius 1 is 1.37 bits per heavy atom. The number of nitrogens with one attached hydrogen (secondary N) is 1. The van der Waals surface area contributed by atoms with Gasteiger partial charge in [0.2, 0.25) is 5.89 Å². The lowest BCUT2D eigenvalue weighted by Gasteiger charge is -2.17. The molecule has 1 aromatic heterocycles. The van der Waals surface area contributed by atoms with Crippen LogP contribution in [0.3, 0.4) is 0 Å². The van der Waals surface area contributed by atoms with Crippen molar-refractivity contribution >= 4 is 0 Å². The van der Waals surface area contributed by atoms with E-state index in [4.69, 9.17) is 9.51 Å². The average molecular weight is 263 g/mol. The van der Waals surface area contributed by atoms with Crippen molar-refractivity contribution in [1.29, 1.82) is 0 Å². The van der Waals surface area contributed by atoms with E-state index in [-0.39, 0.29) is 0 Å². The molecule has 1 aromatic rings. The van der Waals surface area contributed by atoms with E-state index in [0.29, 0.717) is 23.3 Å². The molecular weight excluding hydrogens is 238 g/mol. The Bertz CT molecular complexity index is 440. The third-order valence-electron chi connectivity index (χ3n) is 4.77. The molecule has 1 heterocycles. The fourth-order valence-electron chi connectivity index (χ4n) is 3.28. The van der Waals surface area contributed by atoms with E-state index >= 15 is 0 Å². The molecule has 0 radical (unpaired) electrons. The third-order valence-corrected chi connectivity index (χ3v) is 4.77. The average Bonchev–Trinajstić information content (AvgIpc) is 2.82. The number of aromatic nitrogens is 2. The van der Waals surface area contributed by atoms with E-state index in [2.05, 4.69) is 31.2 Å². The van der Waals surface area contributed by atoms with Gasteiger partial charge in [-0.1, -0.05) is 32.3 Å². The van der Waals surface area contributed by atoms with Gasteiger partial charge < -0.3 is 9.84 Å². The summed E-state index contributed by atoms with van der Waals surface area (Å²) in [4.78, 5) is 4.69. The Kier molecular flexibility index (Phi) is 3.37. The summed E-state index contributed by atoms with van der Waals surface area (Å²) >= 11 is 0. The highest BCUT2D eigenvalue weighted by Crippen LogP contribution is 2.57. The molecule has 0 aromatic carbocycles. The van der Waals surface area contributed by atoms with E-state index in [1.807, 2.05) is 0 Å². The molecule has 0 aliphatic heterocycles. The van der Waals surface area contributed by atoms with Crippen molar-refractivity contribution in [2.45, 2.75) is 70.8 Å². The first-order valence-electron chi connectivity index (χ1n) is 7.68. The molecule has 2 aliphatic carbocycles. The van der Waals surface area contributed by atoms with Crippen molar-refractivity contribution in [2.24, 2.45) is 5.41 Å². The Labute approximate surface area is 115 Å². The van der Waals surface area contributed by atoms with Gasteiger partial charge in [-0.05, 0) is 37.6 Å². The molecule has 2 fully saturated rings. The Morgan fingerprint density at radius 2 is 2.16 bits per heavy atom. The summed E-state index contributed by atoms with van der Waals surface area (Å²) in [7, 11) is 0. The molecule has 3 unspecified atom stereocenters. The van der Waals surface area contributed by atoms with Crippen LogP contribution in [0.5, 0.6) is 0 Å². The number of rotatable bonds is 5. The number of hydrogen-bond donors (Lipinski definition) is 1. The zero-order valence-corrected chi connectivity index (χ0v) is 12.3. The quantitative estimate of drug-likeness (QED) is 0.886. The summed E-state index contributed by atoms with van der Waals surface area (Å²) in [5.41, 5.74) is 0.372. The van der Waals surface area contributed by atoms with Crippen LogP contribution in [0.15, 0.2) is 4.52 Å². The van der Waals surface area contributed by atoms with Crippen molar-refractivity contribution in [1.82, 2.24) is 15.5 Å². The molecule has 3 rings (SSSR count). The maximum Gasteiger partial charge on any atom is 0.231 e. The topological polar surface area (TPSA) is 51.0 Å². The first-order valence-corrected chi connectivity index (χ1v) is 7.68. The minimum absolute atomic E-state index is 0.372. The van der Waals surface area contributed by atoms with Crippen LogP contribution in [0.1, 0.15) is 76.4 Å². The Balaban J connectivity index is 1.68. The predicted octanol–water partition coefficient (Wildman–Crippen LogP) is 3.22. The summed E-state index contributed by atoms with van der Waals surface area (Å²) < 4.78 is 5.55. The van der Waals surface area contributed by atoms with Crippen molar-refractivity contribution < 1.29 is 4.52 Å². The Hall–Kier alpha value is -0.900. The predicted molar refractivity (Wildman–Crippen MR) is 74.1 cm³/mol. The molecule has 3 atom stereocenters. The van der Waals surface area contributed by atoms with Crippen molar-refractivity contribution in [2.75, 3.05) is 6.54 Å². The number of nitrogens with zero attached hydrogens (tertiary/aromatic N) is 2. The Morgan fingerprint density at radius 3 is 2.84 bits per heavy atom. The third kappa shape index (κ3) is 2.55. The molecule has 2 saturated carbocycles. The molecule has 19 heavy (non-hydrogen) atoms. The van der Waals surface area contributed by atoms with Gasteiger partial charge in [-0.2, -0.15) is 4.98 Å². The van der Waals surface area contributed by atoms with Crippen LogP contribution >= 0.6 is 0 Å². The van der Waals surface area contributed by atoms with Gasteiger partial charge in [-0.15, -0.1) is 0 Å². The second-order valence-corrected chi connectivity index (χ2v) is 6.83. The normalized spacial score (nSPS) is 32.7. The lowest BCUT2D eigenvalue weighted by atomic mass is 10.0. The molecule has 4 heteroatoms. The summed E-state index contributed by atoms with van der Waals surface area (Å²) in [6.07, 6.45) is 6.04. The van der Waals surface area contributed by atoms with Crippen molar-refractivity contribution in [3.05, 3.63) is 11.7 Å². The summed E-state index contributed by atoms with van der Waals surface area (Å²) in [5.74, 6) is 2.73. The minimum Gasteiger partial charge on any atom is -0.339 e. The van der Waals surface area contributed by atoms with Gasteiger partial charge in [-0.3, -0.25) is 0 Å². The zero-order valence-electron chi connectivity index (χ0n) is 12.3. The van der Waals surface area contributed by atoms with Gasteiger partial charge in [0.25, 0.3) is 0 Å². The van der Waals surface area contributed by atoms with Crippen LogP contribution in [-0.2, 0) is 0 Å². The van der Waals surface area contributed by atoms with Crippen LogP contribution in [0.4, 0.5) is 0 Å². The first kappa shape index (κ1) is 13.1. The molecule has 0 saturated heterocycles. The summed E-state index contributed by atoms with van der Waals surface area (Å²) in [5, 5.41) is 7.84. The minimum atomic E-state index is 0.372. The van der Waals surface area contributed by atoms with E-state index in [0.717, 1.165) is 18.3 Å². The monoisotopic (exact) mass is 263 g/mol. The van der Waals surface area contributed by atoms with E-state index < -0.39 is 0 Å². The van der Waals surface area contributed by atoms with Gasteiger partial charge in [0.15, 0.2) is 5.82 Å². The van der Waals surface area contributed by atoms with Crippen LogP contribution in [0, 0.1) is 5.41 Å². The molecule has 2 aliphatic rings. The van der Waals surface area contributed by atoms with E-state index in [1.165, 1.54) is 32.1 Å². The smallest absolute Gasteiger partial charge is 0.231 e. The fraction of sp³-hybridized carbons (Fsp3) is 0.867. The largest absolute Gasteiger partial charge is 0.339 e. The van der Waals surface area contributed by atoms with Crippen molar-refractivity contribution in [3.63, 3.8) is 0 Å². The summed E-state index contributed by atoms with van der Waals surface area (Å²) in [6.45, 7) is 7.83. The van der Waals surface area contributed by atoms with E-state index in [9.17, 15) is 0 Å². The number of hydrogen-bond acceptors (Lipinski definition) is 4. The molecular formula is C15H25N3O. The van der Waals surface area contributed by atoms with E-state index in [1.54, 1.807) is 0 Å². The fourth-order valence-corrected chi connectivity index (χ4v) is 3.28. The molecule has 106 valence electrons. The summed E-state index contributed by atoms with van der Waals surface area (Å²) in [6, 6.07) is 0.528. The highest BCUT2D eigenvalue weighted by atomic mass is 16.5. The highest BCUT2D eigenvalue weighted by molar-refractivity contribution is 5.15. The van der Waals surface area contributed by atoms with Crippen LogP contribution in [0.25, 0.3) is 0 Å². The van der Waals surface area contributed by atoms with Crippen LogP contribution in [0.2, 0.25) is 0 Å². The van der Waals surface area contributed by atoms with Gasteiger partial charge in [0.05, 0.1) is 5.92 Å². The molecule has 4 nitrogen and oxygen atoms in total. The standard InChI is InChI=1S/C15H25N3O/c1-4-8-16-12-7-5-6-10(12)14-17-13(18-19-14)11-9-15(11,2)3/h10-12,16H,4-9H2,1-3H3. The molecule has 1 N–H and O–H groups in total. The zero-order chi connectivity index (χ0) is 13.5. The SMILES string of the molecule is CCCNC1CCCC1c1nc(C2CC2(C)C)no1. The molecule has 0 spiro atoms. The lowest BCUT2D eigenvalue weighted by molar-refractivity contribution is 0.327. The lowest BCUT2D eigenvalue weighted by Crippen LogP contribution is -2.31. The van der Waals surface area contributed by atoms with Gasteiger partial charge in [0.1, 0.15) is 0 Å².